The summed E-state index contributed by atoms with van der Waals surface area (Å²) >= 11 is 6.17. The summed E-state index contributed by atoms with van der Waals surface area (Å²) < 4.78 is 5.93. The summed E-state index contributed by atoms with van der Waals surface area (Å²) in [7, 11) is 0. The Balaban J connectivity index is 1.79. The topological polar surface area (TPSA) is 89.9 Å². The first-order valence-electron chi connectivity index (χ1n) is 8.05. The maximum Gasteiger partial charge on any atom is 0.232 e. The van der Waals surface area contributed by atoms with Crippen molar-refractivity contribution < 1.29 is 4.42 Å². The molecule has 0 amide bonds. The summed E-state index contributed by atoms with van der Waals surface area (Å²) in [5.74, 6) is 1.40. The van der Waals surface area contributed by atoms with Crippen LogP contribution < -0.4 is 11.1 Å². The van der Waals surface area contributed by atoms with Gasteiger partial charge in [0.15, 0.2) is 5.76 Å². The van der Waals surface area contributed by atoms with E-state index in [1.807, 2.05) is 56.3 Å². The zero-order valence-electron chi connectivity index (χ0n) is 14.2. The van der Waals surface area contributed by atoms with Gasteiger partial charge in [-0.15, -0.1) is 0 Å². The van der Waals surface area contributed by atoms with E-state index in [0.717, 1.165) is 27.8 Å². The molecule has 2 aromatic carbocycles. The average molecular weight is 366 g/mol. The third-order valence-electron chi connectivity index (χ3n) is 4.21. The number of nitrogens with zero attached hydrogens (tertiary/aromatic N) is 3. The summed E-state index contributed by atoms with van der Waals surface area (Å²) in [4.78, 5) is 12.9. The Hall–Kier alpha value is -3.12. The van der Waals surface area contributed by atoms with Crippen LogP contribution in [0.15, 0.2) is 46.9 Å². The highest BCUT2D eigenvalue weighted by Gasteiger charge is 2.17. The van der Waals surface area contributed by atoms with Gasteiger partial charge in [-0.25, -0.2) is 0 Å². The van der Waals surface area contributed by atoms with Crippen molar-refractivity contribution in [3.05, 3.63) is 58.6 Å². The second kappa shape index (κ2) is 6.31. The van der Waals surface area contributed by atoms with Crippen molar-refractivity contribution in [1.82, 2.24) is 15.0 Å². The minimum absolute atomic E-state index is 0.108. The van der Waals surface area contributed by atoms with Gasteiger partial charge < -0.3 is 15.5 Å². The Morgan fingerprint density at radius 2 is 1.77 bits per heavy atom. The zero-order valence-corrected chi connectivity index (χ0v) is 15.0. The molecule has 0 aliphatic heterocycles. The highest BCUT2D eigenvalue weighted by atomic mass is 35.5. The van der Waals surface area contributed by atoms with Crippen LogP contribution in [0.4, 0.5) is 17.6 Å². The molecule has 0 atom stereocenters. The van der Waals surface area contributed by atoms with Crippen molar-refractivity contribution in [2.45, 2.75) is 13.8 Å². The van der Waals surface area contributed by atoms with E-state index in [1.54, 1.807) is 0 Å². The van der Waals surface area contributed by atoms with Crippen LogP contribution in [0.1, 0.15) is 11.1 Å². The van der Waals surface area contributed by atoms with Crippen LogP contribution in [-0.2, 0) is 0 Å². The molecule has 4 aromatic rings. The maximum atomic E-state index is 6.17. The first-order valence-corrected chi connectivity index (χ1v) is 8.43. The van der Waals surface area contributed by atoms with E-state index in [0.29, 0.717) is 22.6 Å². The second-order valence-electron chi connectivity index (χ2n) is 5.93. The molecule has 0 unspecified atom stereocenters. The molecule has 6 nitrogen and oxygen atoms in total. The molecule has 130 valence electrons. The molecule has 0 spiro atoms. The molecule has 0 aliphatic rings. The first-order chi connectivity index (χ1) is 12.5. The lowest BCUT2D eigenvalue weighted by molar-refractivity contribution is 0.622. The van der Waals surface area contributed by atoms with Crippen molar-refractivity contribution in [1.29, 1.82) is 0 Å². The third kappa shape index (κ3) is 2.84. The Kier molecular flexibility index (Phi) is 3.97. The SMILES string of the molecule is Cc1c(Cl)cccc1Nc1nc(N)nc(-c2oc3ccccc3c2C)n1. The number of halogens is 1. The number of aromatic nitrogens is 3. The highest BCUT2D eigenvalue weighted by molar-refractivity contribution is 6.31. The summed E-state index contributed by atoms with van der Waals surface area (Å²) in [6.45, 7) is 3.88. The van der Waals surface area contributed by atoms with Crippen LogP contribution in [0.2, 0.25) is 5.02 Å². The van der Waals surface area contributed by atoms with Gasteiger partial charge in [-0.05, 0) is 37.6 Å². The third-order valence-corrected chi connectivity index (χ3v) is 4.62. The second-order valence-corrected chi connectivity index (χ2v) is 6.34. The van der Waals surface area contributed by atoms with Crippen molar-refractivity contribution >= 4 is 40.2 Å². The monoisotopic (exact) mass is 365 g/mol. The number of anilines is 3. The molecule has 3 N–H and O–H groups in total. The standard InChI is InChI=1S/C19H16ClN5O/c1-10-12-6-3-4-9-15(12)26-16(10)17-23-18(21)25-19(24-17)22-14-8-5-7-13(20)11(14)2/h3-9H,1-2H3,(H3,21,22,23,24,25). The number of para-hydroxylation sites is 1. The quantitative estimate of drug-likeness (QED) is 0.537. The number of nitrogens with one attached hydrogen (secondary N) is 1. The number of nitrogen functional groups attached to an aromatic ring is 1. The Morgan fingerprint density at radius 1 is 0.962 bits per heavy atom. The van der Waals surface area contributed by atoms with Crippen molar-refractivity contribution in [2.75, 3.05) is 11.1 Å². The van der Waals surface area contributed by atoms with Crippen molar-refractivity contribution in [3.8, 4) is 11.6 Å². The average Bonchev–Trinajstić information content (AvgIpc) is 2.96. The summed E-state index contributed by atoms with van der Waals surface area (Å²) in [5, 5.41) is 4.82. The fourth-order valence-corrected chi connectivity index (χ4v) is 2.98. The van der Waals surface area contributed by atoms with Gasteiger partial charge in [-0.2, -0.15) is 15.0 Å². The number of hydrogen-bond donors (Lipinski definition) is 2. The van der Waals surface area contributed by atoms with Gasteiger partial charge in [0.05, 0.1) is 0 Å². The van der Waals surface area contributed by atoms with E-state index in [2.05, 4.69) is 20.3 Å². The number of fused-ring (bicyclic) bond motifs is 1. The first kappa shape index (κ1) is 16.4. The molecule has 0 bridgehead atoms. The molecule has 4 rings (SSSR count). The van der Waals surface area contributed by atoms with E-state index in [9.17, 15) is 0 Å². The molecular weight excluding hydrogens is 350 g/mol. The van der Waals surface area contributed by atoms with E-state index in [-0.39, 0.29) is 5.95 Å². The fraction of sp³-hybridized carbons (Fsp3) is 0.105. The summed E-state index contributed by atoms with van der Waals surface area (Å²) in [5.41, 5.74) is 9.32. The highest BCUT2D eigenvalue weighted by Crippen LogP contribution is 2.32. The van der Waals surface area contributed by atoms with Gasteiger partial charge >= 0.3 is 0 Å². The van der Waals surface area contributed by atoms with Gasteiger partial charge in [0, 0.05) is 21.7 Å². The van der Waals surface area contributed by atoms with Gasteiger partial charge in [0.2, 0.25) is 17.7 Å². The number of furan rings is 1. The molecule has 0 fully saturated rings. The van der Waals surface area contributed by atoms with Gasteiger partial charge in [-0.1, -0.05) is 35.9 Å². The normalized spacial score (nSPS) is 11.0. The van der Waals surface area contributed by atoms with Crippen LogP contribution in [0.5, 0.6) is 0 Å². The number of hydrogen-bond acceptors (Lipinski definition) is 6. The molecule has 2 aromatic heterocycles. The number of aryl methyl sites for hydroxylation is 1. The van der Waals surface area contributed by atoms with Crippen LogP contribution in [-0.4, -0.2) is 15.0 Å². The van der Waals surface area contributed by atoms with E-state index < -0.39 is 0 Å². The maximum absolute atomic E-state index is 6.17. The van der Waals surface area contributed by atoms with Crippen LogP contribution in [0.25, 0.3) is 22.6 Å². The van der Waals surface area contributed by atoms with Crippen molar-refractivity contribution in [3.63, 3.8) is 0 Å². The molecule has 0 aliphatic carbocycles. The lowest BCUT2D eigenvalue weighted by atomic mass is 10.1. The fourth-order valence-electron chi connectivity index (χ4n) is 2.80. The largest absolute Gasteiger partial charge is 0.452 e. The summed E-state index contributed by atoms with van der Waals surface area (Å²) in [6, 6.07) is 13.4. The predicted molar refractivity (Wildman–Crippen MR) is 104 cm³/mol. The zero-order chi connectivity index (χ0) is 18.3. The van der Waals surface area contributed by atoms with E-state index in [1.165, 1.54) is 0 Å². The molecule has 0 saturated heterocycles. The molecule has 2 heterocycles. The van der Waals surface area contributed by atoms with Crippen LogP contribution in [0, 0.1) is 13.8 Å². The molecule has 26 heavy (non-hydrogen) atoms. The summed E-state index contributed by atoms with van der Waals surface area (Å²) in [6.07, 6.45) is 0. The Bertz CT molecular complexity index is 1120. The van der Waals surface area contributed by atoms with Gasteiger partial charge in [0.1, 0.15) is 5.58 Å². The van der Waals surface area contributed by atoms with Crippen LogP contribution >= 0.6 is 11.6 Å². The number of benzene rings is 2. The van der Waals surface area contributed by atoms with Gasteiger partial charge in [-0.3, -0.25) is 0 Å². The van der Waals surface area contributed by atoms with E-state index >= 15 is 0 Å². The number of nitrogens with two attached hydrogens (primary N) is 1. The molecule has 7 heteroatoms. The lowest BCUT2D eigenvalue weighted by Crippen LogP contribution is -2.05. The van der Waals surface area contributed by atoms with Gasteiger partial charge in [0.25, 0.3) is 0 Å². The number of rotatable bonds is 3. The minimum atomic E-state index is 0.108. The molecular formula is C19H16ClN5O. The molecule has 0 radical (unpaired) electrons. The lowest BCUT2D eigenvalue weighted by Gasteiger charge is -2.10. The minimum Gasteiger partial charge on any atom is -0.452 e. The smallest absolute Gasteiger partial charge is 0.232 e. The molecule has 0 saturated carbocycles. The predicted octanol–water partition coefficient (Wildman–Crippen LogP) is 4.88. The van der Waals surface area contributed by atoms with E-state index in [4.69, 9.17) is 21.8 Å². The van der Waals surface area contributed by atoms with Crippen molar-refractivity contribution in [2.24, 2.45) is 0 Å². The Labute approximate surface area is 155 Å². The Morgan fingerprint density at radius 3 is 2.58 bits per heavy atom. The van der Waals surface area contributed by atoms with Crippen LogP contribution in [0.3, 0.4) is 0 Å².